The predicted octanol–water partition coefficient (Wildman–Crippen LogP) is 6.57. The maximum absolute atomic E-state index is 13.5. The Hall–Kier alpha value is -8.23. The average molecular weight is 1000 g/mol. The molecule has 21 heteroatoms. The van der Waals surface area contributed by atoms with Gasteiger partial charge in [-0.1, -0.05) is 36.4 Å². The lowest BCUT2D eigenvalue weighted by molar-refractivity contribution is 0.0599. The van der Waals surface area contributed by atoms with Gasteiger partial charge in [0.2, 0.25) is 11.2 Å². The number of methoxy groups -OCH3 is 1. The Morgan fingerprint density at radius 2 is 1.08 bits per heavy atom. The van der Waals surface area contributed by atoms with Gasteiger partial charge in [-0.3, -0.25) is 24.6 Å². The summed E-state index contributed by atoms with van der Waals surface area (Å²) in [4.78, 5) is 90.9. The van der Waals surface area contributed by atoms with Crippen LogP contribution >= 0.6 is 11.6 Å². The van der Waals surface area contributed by atoms with E-state index in [9.17, 15) is 42.7 Å². The molecular weight excluding hydrogens is 954 g/mol. The lowest BCUT2D eigenvalue weighted by Crippen LogP contribution is -2.31. The number of benzene rings is 4. The minimum atomic E-state index is -1.00. The fourth-order valence-corrected chi connectivity index (χ4v) is 8.32. The van der Waals surface area contributed by atoms with Crippen molar-refractivity contribution < 1.29 is 47.4 Å². The van der Waals surface area contributed by atoms with Crippen LogP contribution in [0.3, 0.4) is 0 Å². The number of hydrogen-bond donors (Lipinski definition) is 6. The van der Waals surface area contributed by atoms with Gasteiger partial charge in [-0.15, -0.1) is 0 Å². The maximum atomic E-state index is 13.5. The summed E-state index contributed by atoms with van der Waals surface area (Å²) in [6, 6.07) is 21.2. The van der Waals surface area contributed by atoms with Gasteiger partial charge in [-0.2, -0.15) is 0 Å². The van der Waals surface area contributed by atoms with Crippen molar-refractivity contribution in [3.63, 3.8) is 0 Å². The number of carbonyl (C=O) groups excluding carboxylic acids is 5. The molecule has 0 aliphatic heterocycles. The van der Waals surface area contributed by atoms with Crippen LogP contribution in [0.15, 0.2) is 84.9 Å². The number of hydrazine groups is 1. The third-order valence-corrected chi connectivity index (χ3v) is 11.9. The van der Waals surface area contributed by atoms with E-state index in [1.54, 1.807) is 87.5 Å². The van der Waals surface area contributed by atoms with Crippen LogP contribution in [0.25, 0.3) is 0 Å². The normalized spacial score (nSPS) is 14.2. The van der Waals surface area contributed by atoms with E-state index < -0.39 is 35.6 Å². The molecule has 0 saturated heterocycles. The first-order chi connectivity index (χ1) is 34.3. The maximum Gasteiger partial charge on any atom is 0.337 e. The van der Waals surface area contributed by atoms with Crippen molar-refractivity contribution in [3.8, 4) is 0 Å². The number of halogens is 3. The molecule has 18 nitrogen and oxygen atoms in total. The summed E-state index contributed by atoms with van der Waals surface area (Å²) in [5.41, 5.74) is 9.34. The van der Waals surface area contributed by atoms with E-state index >= 15 is 0 Å². The number of nitrogens with zero attached hydrogens (tertiary/aromatic N) is 5. The van der Waals surface area contributed by atoms with Gasteiger partial charge in [0.15, 0.2) is 0 Å². The number of anilines is 1. The lowest BCUT2D eigenvalue weighted by Gasteiger charge is -2.16. The van der Waals surface area contributed by atoms with Crippen LogP contribution in [0, 0.1) is 25.5 Å². The van der Waals surface area contributed by atoms with Crippen LogP contribution in [-0.2, 0) is 30.7 Å². The topological polar surface area (TPSA) is 247 Å². The van der Waals surface area contributed by atoms with Crippen molar-refractivity contribution in [2.24, 2.45) is 0 Å². The molecule has 2 aromatic heterocycles. The molecule has 4 amide bonds. The number of nitrogens with one attached hydrogen (secondary N) is 5. The quantitative estimate of drug-likeness (QED) is 0.0384. The Morgan fingerprint density at radius 3 is 1.54 bits per heavy atom. The Kier molecular flexibility index (Phi) is 16.3. The second kappa shape index (κ2) is 22.7. The predicted molar refractivity (Wildman–Crippen MR) is 259 cm³/mol. The van der Waals surface area contributed by atoms with Crippen LogP contribution in [-0.4, -0.2) is 86.8 Å². The number of aromatic carboxylic acids is 1. The number of aromatic nitrogens is 4. The molecule has 2 atom stereocenters. The number of aryl methyl sites for hydroxylation is 4. The van der Waals surface area contributed by atoms with E-state index in [4.69, 9.17) is 16.3 Å². The van der Waals surface area contributed by atoms with E-state index in [0.29, 0.717) is 47.9 Å². The summed E-state index contributed by atoms with van der Waals surface area (Å²) >= 11 is 5.98. The van der Waals surface area contributed by atoms with Gasteiger partial charge >= 0.3 is 11.9 Å². The van der Waals surface area contributed by atoms with Crippen molar-refractivity contribution in [1.29, 1.82) is 0 Å². The zero-order valence-corrected chi connectivity index (χ0v) is 40.4. The number of carboxylic acid groups (broad SMARTS) is 1. The zero-order chi connectivity index (χ0) is 51.8. The summed E-state index contributed by atoms with van der Waals surface area (Å²) < 4.78 is 31.7. The number of rotatable bonds is 14. The highest BCUT2D eigenvalue weighted by molar-refractivity contribution is 6.28. The molecule has 4 aromatic carbocycles. The SMILES string of the molecule is COC(=O)c1ccc2c(c1)CC[C@@H]2NC(=O)c1cc(C(=O)NCc2ccc(F)c(C)c2)nc(Cl)n1.Cc1cc(CNC(=O)c2cc(C(=O)N[C@H]3CCc4cc(C(=O)O)ccc43)nc(NN(C)C)n2)ccc1F. The molecule has 0 spiro atoms. The summed E-state index contributed by atoms with van der Waals surface area (Å²) in [5, 5.41) is 21.8. The van der Waals surface area contributed by atoms with Gasteiger partial charge in [0.05, 0.1) is 30.3 Å². The van der Waals surface area contributed by atoms with Gasteiger partial charge in [0.1, 0.15) is 34.4 Å². The number of fused-ring (bicyclic) bond motifs is 2. The van der Waals surface area contributed by atoms with Crippen LogP contribution in [0.4, 0.5) is 14.7 Å². The van der Waals surface area contributed by atoms with Crippen molar-refractivity contribution in [1.82, 2.24) is 46.2 Å². The second-order valence-corrected chi connectivity index (χ2v) is 17.5. The summed E-state index contributed by atoms with van der Waals surface area (Å²) in [6.45, 7) is 3.58. The van der Waals surface area contributed by atoms with Crippen molar-refractivity contribution in [2.75, 3.05) is 26.6 Å². The molecule has 2 heterocycles. The first-order valence-electron chi connectivity index (χ1n) is 22.5. The smallest absolute Gasteiger partial charge is 0.337 e. The fraction of sp³-hybridized carbons (Fsp3) is 0.255. The summed E-state index contributed by atoms with van der Waals surface area (Å²) in [5.74, 6) is -4.08. The Morgan fingerprint density at radius 1 is 0.639 bits per heavy atom. The monoisotopic (exact) mass is 1000 g/mol. The van der Waals surface area contributed by atoms with Gasteiger partial charge in [-0.05, 0) is 132 Å². The van der Waals surface area contributed by atoms with E-state index in [0.717, 1.165) is 27.8 Å². The molecule has 0 bridgehead atoms. The highest BCUT2D eigenvalue weighted by Gasteiger charge is 2.28. The fourth-order valence-electron chi connectivity index (χ4n) is 8.14. The highest BCUT2D eigenvalue weighted by Crippen LogP contribution is 2.33. The summed E-state index contributed by atoms with van der Waals surface area (Å²) in [7, 11) is 4.75. The molecule has 72 heavy (non-hydrogen) atoms. The Balaban J connectivity index is 0.000000212. The van der Waals surface area contributed by atoms with Crippen molar-refractivity contribution in [2.45, 2.75) is 64.7 Å². The number of hydrogen-bond acceptors (Lipinski definition) is 13. The van der Waals surface area contributed by atoms with Crippen molar-refractivity contribution >= 4 is 53.1 Å². The Labute approximate surface area is 417 Å². The van der Waals surface area contributed by atoms with E-state index in [-0.39, 0.29) is 76.4 Å². The molecule has 0 unspecified atom stereocenters. The molecule has 6 N–H and O–H groups in total. The van der Waals surface area contributed by atoms with E-state index in [1.807, 2.05) is 0 Å². The van der Waals surface area contributed by atoms with Crippen LogP contribution in [0.1, 0.15) is 132 Å². The number of amides is 4. The molecule has 0 fully saturated rings. The van der Waals surface area contributed by atoms with Gasteiger partial charge < -0.3 is 31.1 Å². The number of esters is 1. The van der Waals surface area contributed by atoms with E-state index in [2.05, 4.69) is 46.6 Å². The van der Waals surface area contributed by atoms with Crippen molar-refractivity contribution in [3.05, 3.63) is 180 Å². The minimum absolute atomic E-state index is 0.00210. The largest absolute Gasteiger partial charge is 0.478 e. The second-order valence-electron chi connectivity index (χ2n) is 17.2. The molecule has 6 aromatic rings. The first kappa shape index (κ1) is 51.6. The molecule has 0 saturated carbocycles. The van der Waals surface area contributed by atoms with Crippen LogP contribution in [0.5, 0.6) is 0 Å². The average Bonchev–Trinajstić information content (AvgIpc) is 3.96. The van der Waals surface area contributed by atoms with E-state index in [1.165, 1.54) is 37.4 Å². The molecule has 372 valence electrons. The summed E-state index contributed by atoms with van der Waals surface area (Å²) in [6.07, 6.45) is 2.58. The standard InChI is InChI=1S/C26H27FN6O4.C25H22ClFN4O4/c1-14-10-15(4-8-19(14)27)13-28-23(34)21-12-22(31-26(30-21)32-33(2)3)24(35)29-20-9-6-16-11-17(25(36)37)5-7-18(16)20;1-13-9-14(3-7-18(13)27)12-28-22(32)20-11-21(31-25(26)30-20)23(33)29-19-8-5-15-10-16(24(34)35-2)4-6-17(15)19/h4-5,7-8,10-12,20H,6,9,13H2,1-3H3,(H,28,34)(H,29,35)(H,36,37)(H,30,31,32);3-4,6-7,9-11,19H,5,8,12H2,1-2H3,(H,28,32)(H,29,33)/t20-;19-/m00/s1. The zero-order valence-electron chi connectivity index (χ0n) is 39.7. The van der Waals surface area contributed by atoms with Gasteiger partial charge in [0, 0.05) is 39.3 Å². The molecule has 0 radical (unpaired) electrons. The highest BCUT2D eigenvalue weighted by atomic mass is 35.5. The lowest BCUT2D eigenvalue weighted by atomic mass is 10.0. The number of carbonyl (C=O) groups is 6. The number of ether oxygens (including phenoxy) is 1. The number of carboxylic acids is 1. The van der Waals surface area contributed by atoms with Crippen LogP contribution < -0.4 is 26.7 Å². The molecular formula is C51H49ClF2N10O8. The third kappa shape index (κ3) is 12.7. The molecule has 2 aliphatic rings. The van der Waals surface area contributed by atoms with Gasteiger partial charge in [0.25, 0.3) is 23.6 Å². The van der Waals surface area contributed by atoms with Gasteiger partial charge in [-0.25, -0.2) is 43.3 Å². The third-order valence-electron chi connectivity index (χ3n) is 11.8. The Bertz CT molecular complexity index is 3120. The minimum Gasteiger partial charge on any atom is -0.478 e. The molecule has 2 aliphatic carbocycles. The van der Waals surface area contributed by atoms with Crippen LogP contribution in [0.2, 0.25) is 5.28 Å². The molecule has 8 rings (SSSR count). The first-order valence-corrected chi connectivity index (χ1v) is 22.9.